The van der Waals surface area contributed by atoms with Crippen LogP contribution in [0, 0.1) is 5.82 Å². The summed E-state index contributed by atoms with van der Waals surface area (Å²) in [6, 6.07) is 5.45. The number of thioether (sulfide) groups is 1. The fourth-order valence-corrected chi connectivity index (χ4v) is 6.07. The molecule has 1 atom stereocenters. The molecule has 2 aliphatic heterocycles. The number of amidine groups is 1. The summed E-state index contributed by atoms with van der Waals surface area (Å²) in [5.41, 5.74) is -2.64. The molecular formula is C30H46BFN2O7SSi. The molecule has 0 unspecified atom stereocenters. The van der Waals surface area contributed by atoms with Crippen molar-refractivity contribution in [1.29, 1.82) is 0 Å². The number of carbonyl (C=O) groups excluding carboxylic acids is 2. The number of halogens is 1. The molecule has 238 valence electrons. The number of ether oxygens (including phenoxy) is 3. The highest BCUT2D eigenvalue weighted by Gasteiger charge is 2.52. The van der Waals surface area contributed by atoms with E-state index in [0.29, 0.717) is 12.1 Å². The number of nitrogens with zero attached hydrogens (tertiary/aromatic N) is 2. The first-order valence-corrected chi connectivity index (χ1v) is 18.9. The second-order valence-corrected chi connectivity index (χ2v) is 20.9. The number of methoxy groups -OCH3 is 1. The highest BCUT2D eigenvalue weighted by Crippen LogP contribution is 2.41. The molecule has 0 aliphatic carbocycles. The molecule has 1 aromatic carbocycles. The quantitative estimate of drug-likeness (QED) is 0.147. The molecule has 1 aromatic rings. The minimum atomic E-state index is -1.41. The Labute approximate surface area is 261 Å². The van der Waals surface area contributed by atoms with E-state index in [1.165, 1.54) is 18.1 Å². The fraction of sp³-hybridized carbons (Fsp3) is 0.633. The van der Waals surface area contributed by atoms with Gasteiger partial charge in [-0.3, -0.25) is 0 Å². The molecule has 0 radical (unpaired) electrons. The van der Waals surface area contributed by atoms with Crippen molar-refractivity contribution >= 4 is 49.6 Å². The lowest BCUT2D eigenvalue weighted by Crippen LogP contribution is -2.43. The van der Waals surface area contributed by atoms with Crippen molar-refractivity contribution < 1.29 is 37.5 Å². The molecule has 1 fully saturated rings. The predicted octanol–water partition coefficient (Wildman–Crippen LogP) is 6.05. The minimum Gasteiger partial charge on any atom is -0.465 e. The minimum absolute atomic E-state index is 0.119. The number of esters is 1. The van der Waals surface area contributed by atoms with Crippen LogP contribution in [0.2, 0.25) is 25.7 Å². The van der Waals surface area contributed by atoms with Crippen molar-refractivity contribution in [2.75, 3.05) is 20.4 Å². The Morgan fingerprint density at radius 3 is 2.23 bits per heavy atom. The highest BCUT2D eigenvalue weighted by atomic mass is 32.2. The average molecular weight is 637 g/mol. The van der Waals surface area contributed by atoms with Gasteiger partial charge in [-0.15, -0.1) is 0 Å². The Balaban J connectivity index is 2.08. The van der Waals surface area contributed by atoms with Crippen molar-refractivity contribution in [3.63, 3.8) is 0 Å². The van der Waals surface area contributed by atoms with E-state index in [1.54, 1.807) is 45.9 Å². The molecule has 13 heteroatoms. The van der Waals surface area contributed by atoms with Gasteiger partial charge in [-0.25, -0.2) is 23.9 Å². The molecule has 0 saturated carbocycles. The van der Waals surface area contributed by atoms with E-state index >= 15 is 4.39 Å². The Kier molecular flexibility index (Phi) is 10.4. The van der Waals surface area contributed by atoms with Gasteiger partial charge in [0.25, 0.3) is 0 Å². The second kappa shape index (κ2) is 12.7. The normalized spacial score (nSPS) is 21.7. The maximum atomic E-state index is 15.6. The van der Waals surface area contributed by atoms with E-state index in [4.69, 9.17) is 28.5 Å². The fourth-order valence-electron chi connectivity index (χ4n) is 4.19. The first-order valence-electron chi connectivity index (χ1n) is 14.4. The molecule has 3 rings (SSSR count). The molecule has 2 aliphatic rings. The summed E-state index contributed by atoms with van der Waals surface area (Å²) in [7, 11) is -0.879. The molecule has 0 spiro atoms. The monoisotopic (exact) mass is 636 g/mol. The first-order chi connectivity index (χ1) is 19.6. The van der Waals surface area contributed by atoms with Gasteiger partial charge in [0.1, 0.15) is 23.7 Å². The van der Waals surface area contributed by atoms with Crippen molar-refractivity contribution in [2.24, 2.45) is 4.99 Å². The van der Waals surface area contributed by atoms with Gasteiger partial charge in [-0.05, 0) is 90.8 Å². The third-order valence-electron chi connectivity index (χ3n) is 7.45. The molecule has 0 aromatic heterocycles. The molecule has 9 nitrogen and oxygen atoms in total. The van der Waals surface area contributed by atoms with Crippen LogP contribution < -0.4 is 5.46 Å². The Morgan fingerprint density at radius 2 is 1.70 bits per heavy atom. The molecule has 43 heavy (non-hydrogen) atoms. The van der Waals surface area contributed by atoms with Crippen LogP contribution in [0.5, 0.6) is 0 Å². The molecular weight excluding hydrogens is 590 g/mol. The Morgan fingerprint density at radius 1 is 1.09 bits per heavy atom. The van der Waals surface area contributed by atoms with Crippen molar-refractivity contribution in [3.8, 4) is 0 Å². The number of carbonyl (C=O) groups is 2. The maximum absolute atomic E-state index is 15.6. The second-order valence-electron chi connectivity index (χ2n) is 14.2. The van der Waals surface area contributed by atoms with Crippen molar-refractivity contribution in [3.05, 3.63) is 40.6 Å². The van der Waals surface area contributed by atoms with Gasteiger partial charge >= 0.3 is 19.2 Å². The van der Waals surface area contributed by atoms with E-state index < -0.39 is 55.4 Å². The molecule has 0 bridgehead atoms. The van der Waals surface area contributed by atoms with Crippen LogP contribution in [0.3, 0.4) is 0 Å². The topological polar surface area (TPSA) is 95.9 Å². The van der Waals surface area contributed by atoms with E-state index in [2.05, 4.69) is 19.6 Å². The highest BCUT2D eigenvalue weighted by molar-refractivity contribution is 8.17. The number of rotatable bonds is 8. The van der Waals surface area contributed by atoms with E-state index in [9.17, 15) is 9.59 Å². The SMILES string of the molecule is COC(=O)C1=C[C@@](C)(c2cc(B3OC(C)(C)C(C)(C)O3)ccc2F)N=C(N(COCC[Si](C)(C)C)C(=O)OC(C)(C)C)S1. The molecule has 1 amide bonds. The van der Waals surface area contributed by atoms with Crippen LogP contribution >= 0.6 is 11.8 Å². The lowest BCUT2D eigenvalue weighted by molar-refractivity contribution is -0.135. The van der Waals surface area contributed by atoms with Crippen LogP contribution in [0.1, 0.15) is 61.0 Å². The third-order valence-corrected chi connectivity index (χ3v) is 10.2. The Hall–Kier alpha value is -2.19. The summed E-state index contributed by atoms with van der Waals surface area (Å²) in [6.45, 7) is 21.7. The summed E-state index contributed by atoms with van der Waals surface area (Å²) in [6.07, 6.45) is 0.838. The van der Waals surface area contributed by atoms with E-state index in [-0.39, 0.29) is 22.4 Å². The zero-order valence-electron chi connectivity index (χ0n) is 27.5. The molecule has 2 heterocycles. The van der Waals surface area contributed by atoms with E-state index in [1.807, 2.05) is 27.7 Å². The van der Waals surface area contributed by atoms with Gasteiger partial charge in [0.15, 0.2) is 5.17 Å². The smallest absolute Gasteiger partial charge is 0.465 e. The Bertz CT molecular complexity index is 1280. The lowest BCUT2D eigenvalue weighted by Gasteiger charge is -2.33. The van der Waals surface area contributed by atoms with Gasteiger partial charge in [-0.2, -0.15) is 0 Å². The van der Waals surface area contributed by atoms with Gasteiger partial charge in [0.2, 0.25) is 0 Å². The number of amides is 1. The maximum Gasteiger partial charge on any atom is 0.494 e. The average Bonchev–Trinajstić information content (AvgIpc) is 3.07. The summed E-state index contributed by atoms with van der Waals surface area (Å²) in [5, 5.41) is 0.119. The number of hydrogen-bond acceptors (Lipinski definition) is 9. The first kappa shape index (κ1) is 35.3. The zero-order chi connectivity index (χ0) is 32.6. The van der Waals surface area contributed by atoms with Crippen LogP contribution in [-0.4, -0.2) is 74.6 Å². The van der Waals surface area contributed by atoms with E-state index in [0.717, 1.165) is 17.8 Å². The van der Waals surface area contributed by atoms with Gasteiger partial charge in [0, 0.05) is 20.2 Å². The summed E-state index contributed by atoms with van der Waals surface area (Å²) < 4.78 is 44.7. The van der Waals surface area contributed by atoms with Crippen LogP contribution in [-0.2, 0) is 33.9 Å². The van der Waals surface area contributed by atoms with Gasteiger partial charge in [-0.1, -0.05) is 31.8 Å². The summed E-state index contributed by atoms with van der Waals surface area (Å²) in [4.78, 5) is 32.5. The van der Waals surface area contributed by atoms with Crippen LogP contribution in [0.15, 0.2) is 34.2 Å². The van der Waals surface area contributed by atoms with Gasteiger partial charge < -0.3 is 23.5 Å². The lowest BCUT2D eigenvalue weighted by atomic mass is 9.76. The predicted molar refractivity (Wildman–Crippen MR) is 172 cm³/mol. The van der Waals surface area contributed by atoms with Crippen LogP contribution in [0.4, 0.5) is 9.18 Å². The number of benzene rings is 1. The molecule has 1 saturated heterocycles. The largest absolute Gasteiger partial charge is 0.494 e. The summed E-state index contributed by atoms with van der Waals surface area (Å²) in [5.74, 6) is -1.19. The standard InChI is InChI=1S/C30H46BFN2O7SSi/c1-27(2,3)39-26(36)34(19-38-15-16-43(10,11)12)25-33-30(8,18-23(42-25)24(35)37-9)21-17-20(13-14-22(21)32)31-40-28(4,5)29(6,7)41-31/h13-14,17-18H,15-16,19H2,1-12H3/t30-/m0/s1. The third kappa shape index (κ3) is 8.72. The van der Waals surface area contributed by atoms with Crippen molar-refractivity contribution in [2.45, 2.75) is 103 Å². The molecule has 0 N–H and O–H groups in total. The van der Waals surface area contributed by atoms with Crippen LogP contribution in [0.25, 0.3) is 0 Å². The zero-order valence-corrected chi connectivity index (χ0v) is 29.4. The number of aliphatic imine (C=N–C) groups is 1. The number of hydrogen-bond donors (Lipinski definition) is 0. The van der Waals surface area contributed by atoms with Crippen molar-refractivity contribution in [1.82, 2.24) is 4.90 Å². The van der Waals surface area contributed by atoms with Gasteiger partial charge in [0.05, 0.1) is 23.2 Å². The summed E-state index contributed by atoms with van der Waals surface area (Å²) >= 11 is 0.941.